The lowest BCUT2D eigenvalue weighted by molar-refractivity contribution is 0.637. The fourth-order valence-corrected chi connectivity index (χ4v) is 0.651. The molecule has 0 atom stereocenters. The Bertz CT molecular complexity index is 175. The molecule has 1 heterocycles. The molecule has 0 saturated carbocycles. The minimum absolute atomic E-state index is 0.260. The molecule has 2 nitrogen and oxygen atoms in total. The van der Waals surface area contributed by atoms with Crippen LogP contribution in [0.4, 0.5) is 0 Å². The summed E-state index contributed by atoms with van der Waals surface area (Å²) in [5.41, 5.74) is -0.260. The Kier molecular flexibility index (Phi) is 1.23. The standard InChI is InChI=1S/C4H3O2P/c5-4-2-1-3-7-6-4/h1-3H. The first-order valence-electron chi connectivity index (χ1n) is 1.80. The molecular weight excluding hydrogens is 111 g/mol. The zero-order valence-electron chi connectivity index (χ0n) is 3.50. The van der Waals surface area contributed by atoms with Crippen molar-refractivity contribution < 1.29 is 4.20 Å². The minimum atomic E-state index is -0.260. The fourth-order valence-electron chi connectivity index (χ4n) is 0.270. The zero-order chi connectivity index (χ0) is 5.11. The average molecular weight is 114 g/mol. The van der Waals surface area contributed by atoms with E-state index in [2.05, 4.69) is 4.20 Å². The summed E-state index contributed by atoms with van der Waals surface area (Å²) in [7, 11) is 0.631. The molecule has 7 heavy (non-hydrogen) atoms. The van der Waals surface area contributed by atoms with Crippen LogP contribution in [-0.2, 0) is 0 Å². The Morgan fingerprint density at radius 1 is 1.71 bits per heavy atom. The first-order valence-corrected chi connectivity index (χ1v) is 2.69. The van der Waals surface area contributed by atoms with E-state index in [1.54, 1.807) is 11.9 Å². The average Bonchev–Trinajstić information content (AvgIpc) is 1.69. The van der Waals surface area contributed by atoms with Crippen molar-refractivity contribution in [1.29, 1.82) is 0 Å². The predicted octanol–water partition coefficient (Wildman–Crippen LogP) is 1.22. The van der Waals surface area contributed by atoms with E-state index in [4.69, 9.17) is 0 Å². The molecule has 0 fully saturated rings. The van der Waals surface area contributed by atoms with Crippen molar-refractivity contribution in [3.05, 3.63) is 28.4 Å². The van der Waals surface area contributed by atoms with Crippen molar-refractivity contribution in [1.82, 2.24) is 0 Å². The Morgan fingerprint density at radius 2 is 2.57 bits per heavy atom. The lowest BCUT2D eigenvalue weighted by atomic mass is 10.6. The van der Waals surface area contributed by atoms with Gasteiger partial charge in [-0.1, -0.05) is 0 Å². The maximum Gasteiger partial charge on any atom is 0.338 e. The van der Waals surface area contributed by atoms with Gasteiger partial charge in [0.2, 0.25) is 0 Å². The molecular formula is C4H3O2P. The second kappa shape index (κ2) is 1.90. The first-order chi connectivity index (χ1) is 3.39. The third-order valence-electron chi connectivity index (χ3n) is 0.522. The summed E-state index contributed by atoms with van der Waals surface area (Å²) in [4.78, 5) is 10.1. The molecule has 0 unspecified atom stereocenters. The van der Waals surface area contributed by atoms with E-state index < -0.39 is 0 Å². The SMILES string of the molecule is O=c1cccpo1. The van der Waals surface area contributed by atoms with Crippen molar-refractivity contribution in [2.45, 2.75) is 0 Å². The van der Waals surface area contributed by atoms with Gasteiger partial charge in [-0.3, -0.25) is 0 Å². The molecule has 0 radical (unpaired) electrons. The summed E-state index contributed by atoms with van der Waals surface area (Å²) in [6.45, 7) is 0. The summed E-state index contributed by atoms with van der Waals surface area (Å²) < 4.78 is 4.47. The molecule has 0 aliphatic heterocycles. The predicted molar refractivity (Wildman–Crippen MR) is 27.5 cm³/mol. The van der Waals surface area contributed by atoms with Crippen molar-refractivity contribution in [2.75, 3.05) is 0 Å². The summed E-state index contributed by atoms with van der Waals surface area (Å²) in [6, 6.07) is 3.06. The molecule has 0 aromatic carbocycles. The van der Waals surface area contributed by atoms with Crippen LogP contribution < -0.4 is 5.63 Å². The second-order valence-corrected chi connectivity index (χ2v) is 1.72. The van der Waals surface area contributed by atoms with Crippen molar-refractivity contribution >= 4 is 8.43 Å². The third kappa shape index (κ3) is 1.13. The number of hydrogen-bond donors (Lipinski definition) is 0. The van der Waals surface area contributed by atoms with Crippen molar-refractivity contribution in [2.24, 2.45) is 0 Å². The fraction of sp³-hybridized carbons (Fsp3) is 0. The van der Waals surface area contributed by atoms with Crippen LogP contribution in [0.25, 0.3) is 0 Å². The molecule has 36 valence electrons. The number of hydrogen-bond acceptors (Lipinski definition) is 2. The topological polar surface area (TPSA) is 30.2 Å². The third-order valence-corrected chi connectivity index (χ3v) is 1.10. The van der Waals surface area contributed by atoms with E-state index in [-0.39, 0.29) is 5.63 Å². The van der Waals surface area contributed by atoms with Gasteiger partial charge < -0.3 is 4.20 Å². The summed E-state index contributed by atoms with van der Waals surface area (Å²) >= 11 is 0. The lowest BCUT2D eigenvalue weighted by Crippen LogP contribution is -1.88. The molecule has 1 aromatic rings. The van der Waals surface area contributed by atoms with Crippen LogP contribution in [-0.4, -0.2) is 0 Å². The van der Waals surface area contributed by atoms with Gasteiger partial charge in [0.25, 0.3) is 0 Å². The van der Waals surface area contributed by atoms with Crippen LogP contribution in [0.15, 0.2) is 26.9 Å². The zero-order valence-corrected chi connectivity index (χ0v) is 4.39. The second-order valence-electron chi connectivity index (χ2n) is 1.02. The lowest BCUT2D eigenvalue weighted by Gasteiger charge is -1.70. The van der Waals surface area contributed by atoms with E-state index in [0.29, 0.717) is 8.43 Å². The van der Waals surface area contributed by atoms with Crippen LogP contribution in [0.1, 0.15) is 0 Å². The van der Waals surface area contributed by atoms with Gasteiger partial charge >= 0.3 is 5.63 Å². The van der Waals surface area contributed by atoms with E-state index in [1.807, 2.05) is 0 Å². The Hall–Kier alpha value is -0.620. The molecule has 0 amide bonds. The van der Waals surface area contributed by atoms with Gasteiger partial charge in [-0.2, -0.15) is 0 Å². The molecule has 1 aromatic heterocycles. The van der Waals surface area contributed by atoms with Crippen LogP contribution >= 0.6 is 8.43 Å². The molecule has 0 saturated heterocycles. The highest BCUT2D eigenvalue weighted by molar-refractivity contribution is 7.21. The van der Waals surface area contributed by atoms with Gasteiger partial charge in [-0.15, -0.1) is 0 Å². The quantitative estimate of drug-likeness (QED) is 0.507. The highest BCUT2D eigenvalue weighted by Crippen LogP contribution is 1.93. The molecule has 3 heteroatoms. The first kappa shape index (κ1) is 4.54. The van der Waals surface area contributed by atoms with Gasteiger partial charge in [0.05, 0.1) is 0 Å². The normalized spacial score (nSPS) is 9.71. The maximum absolute atomic E-state index is 10.1. The maximum atomic E-state index is 10.1. The van der Waals surface area contributed by atoms with Gasteiger partial charge in [0, 0.05) is 11.9 Å². The van der Waals surface area contributed by atoms with Crippen molar-refractivity contribution in [3.8, 4) is 0 Å². The Morgan fingerprint density at radius 3 is 2.86 bits per heavy atom. The minimum Gasteiger partial charge on any atom is -0.404 e. The van der Waals surface area contributed by atoms with Crippen LogP contribution in [0, 0.1) is 0 Å². The molecule has 0 N–H and O–H groups in total. The highest BCUT2D eigenvalue weighted by atomic mass is 31.1. The van der Waals surface area contributed by atoms with Gasteiger partial charge in [0.1, 0.15) is 8.43 Å². The van der Waals surface area contributed by atoms with Crippen LogP contribution in [0.3, 0.4) is 0 Å². The molecule has 0 aliphatic carbocycles. The Labute approximate surface area is 42.0 Å². The van der Waals surface area contributed by atoms with Crippen LogP contribution in [0.2, 0.25) is 0 Å². The van der Waals surface area contributed by atoms with E-state index in [9.17, 15) is 4.79 Å². The monoisotopic (exact) mass is 114 g/mol. The summed E-state index contributed by atoms with van der Waals surface area (Å²) in [5.74, 6) is 1.75. The Balaban J connectivity index is 3.28. The summed E-state index contributed by atoms with van der Waals surface area (Å²) in [5, 5.41) is 0. The van der Waals surface area contributed by atoms with E-state index in [1.165, 1.54) is 6.07 Å². The smallest absolute Gasteiger partial charge is 0.338 e. The van der Waals surface area contributed by atoms with E-state index >= 15 is 0 Å². The number of rotatable bonds is 0. The van der Waals surface area contributed by atoms with E-state index in [0.717, 1.165) is 0 Å². The molecule has 0 bridgehead atoms. The van der Waals surface area contributed by atoms with Gasteiger partial charge in [-0.25, -0.2) is 4.79 Å². The van der Waals surface area contributed by atoms with Gasteiger partial charge in [0.15, 0.2) is 0 Å². The molecule has 0 spiro atoms. The molecule has 0 aliphatic rings. The van der Waals surface area contributed by atoms with Crippen LogP contribution in [0.5, 0.6) is 0 Å². The van der Waals surface area contributed by atoms with Crippen molar-refractivity contribution in [3.63, 3.8) is 0 Å². The molecule has 1 rings (SSSR count). The largest absolute Gasteiger partial charge is 0.404 e. The highest BCUT2D eigenvalue weighted by Gasteiger charge is 1.73. The van der Waals surface area contributed by atoms with Gasteiger partial charge in [-0.05, 0) is 6.07 Å². The summed E-state index contributed by atoms with van der Waals surface area (Å²) in [6.07, 6.45) is 0.